The Labute approximate surface area is 129 Å². The molecule has 0 aliphatic carbocycles. The number of nitrogens with zero attached hydrogens (tertiary/aromatic N) is 3. The van der Waals surface area contributed by atoms with Gasteiger partial charge in [-0.3, -0.25) is 9.69 Å². The summed E-state index contributed by atoms with van der Waals surface area (Å²) >= 11 is 0. The molecule has 1 saturated heterocycles. The maximum atomic E-state index is 12.5. The topological polar surface area (TPSA) is 83.1 Å². The van der Waals surface area contributed by atoms with Gasteiger partial charge in [0.1, 0.15) is 16.8 Å². The van der Waals surface area contributed by atoms with Gasteiger partial charge in [0.2, 0.25) is 0 Å². The number of methoxy groups -OCH3 is 1. The van der Waals surface area contributed by atoms with E-state index in [1.807, 2.05) is 0 Å². The molecule has 7 nitrogen and oxygen atoms in total. The van der Waals surface area contributed by atoms with Gasteiger partial charge in [-0.2, -0.15) is 15.4 Å². The first-order chi connectivity index (χ1) is 10.7. The highest BCUT2D eigenvalue weighted by Crippen LogP contribution is 2.23. The molecule has 1 aromatic heterocycles. The standard InChI is InChI=1S/C15H21N5O2/c1-3-20-6-4-5-10(20)9-16-15(21)11-7-12-13(18-19-17-12)8-14(11)22-2/h7-8,10H,3-6,9H2,1-2H3,(H,16,21)(H,17,18,19)/t10-/m1/s1. The van der Waals surface area contributed by atoms with E-state index in [4.69, 9.17) is 4.74 Å². The highest BCUT2D eigenvalue weighted by molar-refractivity contribution is 6.00. The van der Waals surface area contributed by atoms with Crippen LogP contribution in [0, 0.1) is 0 Å². The normalized spacial score (nSPS) is 18.7. The molecule has 1 aliphatic heterocycles. The lowest BCUT2D eigenvalue weighted by Crippen LogP contribution is -2.40. The van der Waals surface area contributed by atoms with E-state index in [1.54, 1.807) is 19.2 Å². The molecule has 1 aliphatic rings. The molecular formula is C15H21N5O2. The van der Waals surface area contributed by atoms with E-state index in [-0.39, 0.29) is 5.91 Å². The van der Waals surface area contributed by atoms with Crippen LogP contribution in [0.15, 0.2) is 12.1 Å². The maximum absolute atomic E-state index is 12.5. The molecule has 2 heterocycles. The van der Waals surface area contributed by atoms with Gasteiger partial charge in [-0.05, 0) is 32.0 Å². The zero-order chi connectivity index (χ0) is 15.5. The van der Waals surface area contributed by atoms with Gasteiger partial charge in [0.15, 0.2) is 0 Å². The number of likely N-dealkylation sites (tertiary alicyclic amines) is 1. The number of H-pyrrole nitrogens is 1. The molecule has 1 fully saturated rings. The summed E-state index contributed by atoms with van der Waals surface area (Å²) in [6.45, 7) is 4.95. The predicted octanol–water partition coefficient (Wildman–Crippen LogP) is 1.18. The SMILES string of the molecule is CCN1CCC[C@@H]1CNC(=O)c1cc2n[nH]nc2cc1OC. The number of hydrogen-bond donors (Lipinski definition) is 2. The van der Waals surface area contributed by atoms with Crippen molar-refractivity contribution >= 4 is 16.9 Å². The van der Waals surface area contributed by atoms with Gasteiger partial charge in [-0.15, -0.1) is 0 Å². The number of likely N-dealkylation sites (N-methyl/N-ethyl adjacent to an activating group) is 1. The number of benzene rings is 1. The van der Waals surface area contributed by atoms with Crippen LogP contribution in [0.3, 0.4) is 0 Å². The highest BCUT2D eigenvalue weighted by Gasteiger charge is 2.24. The lowest BCUT2D eigenvalue weighted by Gasteiger charge is -2.23. The fraction of sp³-hybridized carbons (Fsp3) is 0.533. The average Bonchev–Trinajstić information content (AvgIpc) is 3.18. The monoisotopic (exact) mass is 303 g/mol. The van der Waals surface area contributed by atoms with Crippen molar-refractivity contribution in [3.05, 3.63) is 17.7 Å². The van der Waals surface area contributed by atoms with E-state index in [0.717, 1.165) is 19.5 Å². The second-order valence-electron chi connectivity index (χ2n) is 5.50. The first kappa shape index (κ1) is 14.8. The summed E-state index contributed by atoms with van der Waals surface area (Å²) < 4.78 is 5.31. The smallest absolute Gasteiger partial charge is 0.255 e. The number of nitrogens with one attached hydrogen (secondary N) is 2. The van der Waals surface area contributed by atoms with Gasteiger partial charge in [-0.25, -0.2) is 0 Å². The van der Waals surface area contributed by atoms with Gasteiger partial charge in [0.05, 0.1) is 12.7 Å². The molecule has 1 atom stereocenters. The Balaban J connectivity index is 1.74. The molecule has 118 valence electrons. The summed E-state index contributed by atoms with van der Waals surface area (Å²) in [4.78, 5) is 14.9. The van der Waals surface area contributed by atoms with E-state index in [2.05, 4.69) is 32.6 Å². The largest absolute Gasteiger partial charge is 0.496 e. The molecular weight excluding hydrogens is 282 g/mol. The Morgan fingerprint density at radius 3 is 2.95 bits per heavy atom. The Morgan fingerprint density at radius 2 is 2.23 bits per heavy atom. The molecule has 2 N–H and O–H groups in total. The minimum absolute atomic E-state index is 0.135. The van der Waals surface area contributed by atoms with Crippen LogP contribution in [0.25, 0.3) is 11.0 Å². The molecule has 1 aromatic carbocycles. The number of carbonyl (C=O) groups excluding carboxylic acids is 1. The summed E-state index contributed by atoms with van der Waals surface area (Å²) in [5.74, 6) is 0.377. The lowest BCUT2D eigenvalue weighted by molar-refractivity contribution is 0.0938. The zero-order valence-corrected chi connectivity index (χ0v) is 12.9. The molecule has 1 amide bonds. The van der Waals surface area contributed by atoms with Crippen LogP contribution in [0.1, 0.15) is 30.1 Å². The molecule has 22 heavy (non-hydrogen) atoms. The first-order valence-corrected chi connectivity index (χ1v) is 7.63. The lowest BCUT2D eigenvalue weighted by atomic mass is 10.1. The zero-order valence-electron chi connectivity index (χ0n) is 12.9. The van der Waals surface area contributed by atoms with E-state index in [1.165, 1.54) is 6.42 Å². The quantitative estimate of drug-likeness (QED) is 0.866. The molecule has 7 heteroatoms. The Hall–Kier alpha value is -2.15. The Bertz CT molecular complexity index is 669. The van der Waals surface area contributed by atoms with Crippen LogP contribution < -0.4 is 10.1 Å². The minimum Gasteiger partial charge on any atom is -0.496 e. The molecule has 0 unspecified atom stereocenters. The van der Waals surface area contributed by atoms with Crippen molar-refractivity contribution in [2.45, 2.75) is 25.8 Å². The van der Waals surface area contributed by atoms with Crippen LogP contribution in [-0.4, -0.2) is 59.0 Å². The third-order valence-electron chi connectivity index (χ3n) is 4.29. The second-order valence-corrected chi connectivity index (χ2v) is 5.50. The fourth-order valence-corrected chi connectivity index (χ4v) is 3.06. The van der Waals surface area contributed by atoms with Gasteiger partial charge < -0.3 is 10.1 Å². The number of aromatic nitrogens is 3. The Kier molecular flexibility index (Phi) is 4.24. The van der Waals surface area contributed by atoms with E-state index in [9.17, 15) is 4.79 Å². The summed E-state index contributed by atoms with van der Waals surface area (Å²) in [5, 5.41) is 13.6. The third-order valence-corrected chi connectivity index (χ3v) is 4.29. The van der Waals surface area contributed by atoms with Gasteiger partial charge in [-0.1, -0.05) is 6.92 Å². The Morgan fingerprint density at radius 1 is 1.45 bits per heavy atom. The van der Waals surface area contributed by atoms with Crippen molar-refractivity contribution in [3.63, 3.8) is 0 Å². The van der Waals surface area contributed by atoms with Crippen molar-refractivity contribution in [2.75, 3.05) is 26.7 Å². The van der Waals surface area contributed by atoms with Crippen LogP contribution in [0.4, 0.5) is 0 Å². The number of hydrogen-bond acceptors (Lipinski definition) is 5. The van der Waals surface area contributed by atoms with Crippen LogP contribution in [-0.2, 0) is 0 Å². The first-order valence-electron chi connectivity index (χ1n) is 7.63. The number of aromatic amines is 1. The molecule has 0 saturated carbocycles. The average molecular weight is 303 g/mol. The van der Waals surface area contributed by atoms with Gasteiger partial charge in [0, 0.05) is 18.7 Å². The fourth-order valence-electron chi connectivity index (χ4n) is 3.06. The summed E-state index contributed by atoms with van der Waals surface area (Å²) in [6, 6.07) is 3.86. The van der Waals surface area contributed by atoms with Crippen molar-refractivity contribution in [1.82, 2.24) is 25.6 Å². The molecule has 0 radical (unpaired) electrons. The summed E-state index contributed by atoms with van der Waals surface area (Å²) in [7, 11) is 1.55. The molecule has 3 rings (SSSR count). The number of rotatable bonds is 5. The van der Waals surface area contributed by atoms with Crippen molar-refractivity contribution < 1.29 is 9.53 Å². The second kappa shape index (κ2) is 6.31. The van der Waals surface area contributed by atoms with Crippen molar-refractivity contribution in [3.8, 4) is 5.75 Å². The predicted molar refractivity (Wildman–Crippen MR) is 83.0 cm³/mol. The third kappa shape index (κ3) is 2.76. The van der Waals surface area contributed by atoms with Gasteiger partial charge >= 0.3 is 0 Å². The van der Waals surface area contributed by atoms with Crippen molar-refractivity contribution in [1.29, 1.82) is 0 Å². The molecule has 0 bridgehead atoms. The van der Waals surface area contributed by atoms with Crippen LogP contribution in [0.5, 0.6) is 5.75 Å². The molecule has 0 spiro atoms. The number of fused-ring (bicyclic) bond motifs is 1. The van der Waals surface area contributed by atoms with E-state index >= 15 is 0 Å². The van der Waals surface area contributed by atoms with Gasteiger partial charge in [0.25, 0.3) is 5.91 Å². The number of amides is 1. The summed E-state index contributed by atoms with van der Waals surface area (Å²) in [5.41, 5.74) is 1.83. The molecule has 2 aromatic rings. The highest BCUT2D eigenvalue weighted by atomic mass is 16.5. The van der Waals surface area contributed by atoms with Crippen molar-refractivity contribution in [2.24, 2.45) is 0 Å². The van der Waals surface area contributed by atoms with Crippen LogP contribution >= 0.6 is 0 Å². The summed E-state index contributed by atoms with van der Waals surface area (Å²) in [6.07, 6.45) is 2.33. The van der Waals surface area contributed by atoms with Crippen LogP contribution in [0.2, 0.25) is 0 Å². The van der Waals surface area contributed by atoms with E-state index in [0.29, 0.717) is 34.9 Å². The maximum Gasteiger partial charge on any atom is 0.255 e. The van der Waals surface area contributed by atoms with E-state index < -0.39 is 0 Å². The minimum atomic E-state index is -0.135. The number of ether oxygens (including phenoxy) is 1. The number of carbonyl (C=O) groups is 1.